The van der Waals surface area contributed by atoms with Crippen molar-refractivity contribution in [1.82, 2.24) is 0 Å². The molecule has 0 amide bonds. The van der Waals surface area contributed by atoms with E-state index in [1.165, 1.54) is 5.34 Å². The van der Waals surface area contributed by atoms with E-state index in [1.54, 1.807) is 31.4 Å². The summed E-state index contributed by atoms with van der Waals surface area (Å²) in [5.74, 6) is 0.769. The zero-order chi connectivity index (χ0) is 10.1. The molecule has 0 aliphatic carbocycles. The van der Waals surface area contributed by atoms with Gasteiger partial charge in [-0.05, 0) is 24.3 Å². The molecule has 0 fully saturated rings. The molecule has 5 nitrogen and oxygen atoms in total. The number of hydrogen-bond acceptors (Lipinski definition) is 4. The number of carbonyl (C=O) groups excluding carboxylic acids is 1. The predicted octanol–water partition coefficient (Wildman–Crippen LogP) is 1.65. The van der Waals surface area contributed by atoms with Crippen LogP contribution in [0, 0.1) is 4.91 Å². The van der Waals surface area contributed by atoms with Crippen LogP contribution in [0.25, 0.3) is 0 Å². The number of nitrogens with zero attached hydrogens (tertiary/aromatic N) is 1. The lowest BCUT2D eigenvalue weighted by molar-refractivity contribution is 0.112. The van der Waals surface area contributed by atoms with Crippen molar-refractivity contribution in [1.29, 1.82) is 0 Å². The molecule has 0 bridgehead atoms. The van der Waals surface area contributed by atoms with E-state index in [0.717, 1.165) is 12.0 Å². The van der Waals surface area contributed by atoms with Crippen molar-refractivity contribution in [2.75, 3.05) is 7.11 Å². The maximum Gasteiger partial charge on any atom is 0.152 e. The van der Waals surface area contributed by atoms with Crippen LogP contribution in [-0.4, -0.2) is 18.6 Å². The molecule has 0 unspecified atom stereocenters. The van der Waals surface area contributed by atoms with Crippen LogP contribution in [0.5, 0.6) is 5.75 Å². The number of hydrogen-bond donors (Lipinski definition) is 1. The van der Waals surface area contributed by atoms with Crippen molar-refractivity contribution >= 4 is 6.29 Å². The standard InChI is InChI=1S/C8H8O2.HNO2/c1-10-8-4-2-7(6-9)3-5-8;2-1-3/h2-6H,1H3;(H,2,3). The Morgan fingerprint density at radius 3 is 2.15 bits per heavy atom. The summed E-state index contributed by atoms with van der Waals surface area (Å²) in [5.41, 5.74) is 0.667. The highest BCUT2D eigenvalue weighted by molar-refractivity contribution is 5.74. The molecule has 0 aromatic heterocycles. The molecular formula is C8H9NO4. The van der Waals surface area contributed by atoms with E-state index in [9.17, 15) is 4.79 Å². The minimum absolute atomic E-state index is 0.667. The van der Waals surface area contributed by atoms with Crippen LogP contribution in [-0.2, 0) is 0 Å². The van der Waals surface area contributed by atoms with E-state index >= 15 is 0 Å². The molecule has 0 spiro atoms. The monoisotopic (exact) mass is 183 g/mol. The highest BCUT2D eigenvalue weighted by atomic mass is 16.6. The van der Waals surface area contributed by atoms with Crippen LogP contribution < -0.4 is 4.74 Å². The molecule has 0 saturated heterocycles. The molecule has 1 aromatic carbocycles. The number of rotatable bonds is 2. The Morgan fingerprint density at radius 1 is 1.38 bits per heavy atom. The number of benzene rings is 1. The molecule has 13 heavy (non-hydrogen) atoms. The first-order chi connectivity index (χ1) is 6.28. The summed E-state index contributed by atoms with van der Waals surface area (Å²) in [6.07, 6.45) is 0.805. The van der Waals surface area contributed by atoms with Gasteiger partial charge in [-0.3, -0.25) is 4.79 Å². The van der Waals surface area contributed by atoms with E-state index in [-0.39, 0.29) is 0 Å². The van der Waals surface area contributed by atoms with Crippen LogP contribution >= 0.6 is 0 Å². The van der Waals surface area contributed by atoms with Gasteiger partial charge >= 0.3 is 0 Å². The third-order valence-electron chi connectivity index (χ3n) is 1.25. The molecule has 1 aromatic rings. The summed E-state index contributed by atoms with van der Waals surface area (Å²) in [6, 6.07) is 6.94. The number of carbonyl (C=O) groups is 1. The lowest BCUT2D eigenvalue weighted by atomic mass is 10.2. The Balaban J connectivity index is 0.000000424. The lowest BCUT2D eigenvalue weighted by Gasteiger charge is -1.96. The lowest BCUT2D eigenvalue weighted by Crippen LogP contribution is -1.82. The smallest absolute Gasteiger partial charge is 0.152 e. The highest BCUT2D eigenvalue weighted by Gasteiger charge is 1.89. The molecule has 0 saturated carbocycles. The summed E-state index contributed by atoms with van der Waals surface area (Å²) in [4.78, 5) is 18.3. The van der Waals surface area contributed by atoms with Gasteiger partial charge < -0.3 is 9.94 Å². The normalized spacial score (nSPS) is 7.77. The van der Waals surface area contributed by atoms with Crippen molar-refractivity contribution in [3.05, 3.63) is 34.7 Å². The maximum absolute atomic E-state index is 10.2. The van der Waals surface area contributed by atoms with Gasteiger partial charge in [-0.25, -0.2) is 0 Å². The van der Waals surface area contributed by atoms with Crippen molar-refractivity contribution in [3.8, 4) is 5.75 Å². The Kier molecular flexibility index (Phi) is 5.78. The first kappa shape index (κ1) is 11.1. The van der Waals surface area contributed by atoms with Crippen LogP contribution in [0.3, 0.4) is 0 Å². The van der Waals surface area contributed by atoms with Gasteiger partial charge in [0, 0.05) is 5.56 Å². The van der Waals surface area contributed by atoms with E-state index in [1.807, 2.05) is 0 Å². The second kappa shape index (κ2) is 6.78. The van der Waals surface area contributed by atoms with Crippen LogP contribution in [0.1, 0.15) is 10.4 Å². The topological polar surface area (TPSA) is 76.0 Å². The van der Waals surface area contributed by atoms with Gasteiger partial charge in [0.2, 0.25) is 0 Å². The molecule has 0 atom stereocenters. The number of aldehydes is 1. The Labute approximate surface area is 74.9 Å². The van der Waals surface area contributed by atoms with Gasteiger partial charge in [0.25, 0.3) is 0 Å². The largest absolute Gasteiger partial charge is 0.497 e. The van der Waals surface area contributed by atoms with Gasteiger partial charge in [-0.1, -0.05) is 0 Å². The molecule has 0 aliphatic rings. The fraction of sp³-hybridized carbons (Fsp3) is 0.125. The summed E-state index contributed by atoms with van der Waals surface area (Å²) >= 11 is 0. The minimum atomic E-state index is 0.667. The van der Waals surface area contributed by atoms with E-state index in [0.29, 0.717) is 5.56 Å². The van der Waals surface area contributed by atoms with Gasteiger partial charge in [0.05, 0.1) is 7.11 Å². The SMILES string of the molecule is COc1ccc(C=O)cc1.O=NO. The Hall–Kier alpha value is -1.91. The zero-order valence-electron chi connectivity index (χ0n) is 7.01. The average Bonchev–Trinajstić information content (AvgIpc) is 2.19. The number of ether oxygens (including phenoxy) is 1. The molecular weight excluding hydrogens is 174 g/mol. The zero-order valence-corrected chi connectivity index (χ0v) is 7.01. The average molecular weight is 183 g/mol. The van der Waals surface area contributed by atoms with Gasteiger partial charge in [-0.2, -0.15) is 0 Å². The molecule has 0 aliphatic heterocycles. The Bertz CT molecular complexity index is 257. The van der Waals surface area contributed by atoms with Gasteiger partial charge in [0.1, 0.15) is 12.0 Å². The maximum atomic E-state index is 10.2. The molecule has 5 heteroatoms. The first-order valence-corrected chi connectivity index (χ1v) is 3.34. The van der Waals surface area contributed by atoms with Crippen molar-refractivity contribution < 1.29 is 14.7 Å². The van der Waals surface area contributed by atoms with Crippen molar-refractivity contribution in [2.24, 2.45) is 5.34 Å². The number of methoxy groups -OCH3 is 1. The minimum Gasteiger partial charge on any atom is -0.497 e. The molecule has 0 radical (unpaired) electrons. The van der Waals surface area contributed by atoms with Gasteiger partial charge in [0.15, 0.2) is 5.34 Å². The summed E-state index contributed by atoms with van der Waals surface area (Å²) in [6.45, 7) is 0. The fourth-order valence-corrected chi connectivity index (χ4v) is 0.682. The van der Waals surface area contributed by atoms with Gasteiger partial charge in [-0.15, -0.1) is 4.91 Å². The molecule has 1 N–H and O–H groups in total. The van der Waals surface area contributed by atoms with E-state index in [4.69, 9.17) is 14.9 Å². The van der Waals surface area contributed by atoms with Crippen LogP contribution in [0.2, 0.25) is 0 Å². The molecule has 1 rings (SSSR count). The summed E-state index contributed by atoms with van der Waals surface area (Å²) in [7, 11) is 1.59. The van der Waals surface area contributed by atoms with E-state index < -0.39 is 0 Å². The predicted molar refractivity (Wildman–Crippen MR) is 46.0 cm³/mol. The molecule has 0 heterocycles. The molecule has 70 valence electrons. The highest BCUT2D eigenvalue weighted by Crippen LogP contribution is 2.09. The van der Waals surface area contributed by atoms with Crippen molar-refractivity contribution in [2.45, 2.75) is 0 Å². The summed E-state index contributed by atoms with van der Waals surface area (Å²) in [5, 5.41) is 7.89. The second-order valence-corrected chi connectivity index (χ2v) is 1.97. The van der Waals surface area contributed by atoms with Crippen LogP contribution in [0.15, 0.2) is 29.6 Å². The second-order valence-electron chi connectivity index (χ2n) is 1.97. The van der Waals surface area contributed by atoms with Crippen LogP contribution in [0.4, 0.5) is 0 Å². The Morgan fingerprint density at radius 2 is 1.85 bits per heavy atom. The van der Waals surface area contributed by atoms with E-state index in [2.05, 4.69) is 0 Å². The third kappa shape index (κ3) is 4.52. The quantitative estimate of drug-likeness (QED) is 0.429. The third-order valence-corrected chi connectivity index (χ3v) is 1.25. The summed E-state index contributed by atoms with van der Waals surface area (Å²) < 4.78 is 4.90. The van der Waals surface area contributed by atoms with Crippen molar-refractivity contribution in [3.63, 3.8) is 0 Å². The fourth-order valence-electron chi connectivity index (χ4n) is 0.682. The first-order valence-electron chi connectivity index (χ1n) is 3.34.